The standard InChI is InChI=1S/C25H24FN3O4.C18H20FN3O3.C14H10O3/c1-2-21-20(30)14-22(33-21)29-15-18(11-8-16-9-12-19(26)13-10-16)23(28-25(29)32)27-24(31)17-6-4-3-5-7-17;1-2-15-14(23)9-16(25-15)22-10-12(17(20)21-18(22)24)6-3-11-4-7-13(19)8-5-11;15-13(11-7-3-1-4-8-11)17-14(16)12-9-5-2-6-10-12/h3-13,15,20-22,30H,2,14H2,1H3,(H,27,28,31,32);3-8,10,14-16,23H,2,9H2,1H3,(H2,20,21,24);1-10H/b11-8+;6-3+;/t20-,21-,22-;14-,15-,16-;/m11./s1. The lowest BCUT2D eigenvalue weighted by Gasteiger charge is -2.17. The van der Waals surface area contributed by atoms with Crippen molar-refractivity contribution in [1.29, 1.82) is 0 Å². The number of aliphatic hydroxyl groups is 2. The highest BCUT2D eigenvalue weighted by Gasteiger charge is 2.35. The second-order valence-electron chi connectivity index (χ2n) is 17.2. The van der Waals surface area contributed by atoms with Gasteiger partial charge in [-0.05, 0) is 96.8 Å². The minimum absolute atomic E-state index is 0.0917. The van der Waals surface area contributed by atoms with Crippen LogP contribution in [0.2, 0.25) is 0 Å². The SMILES string of the molecule is CC[C@H]1O[C@@H](n2cc(/C=C/c3ccc(F)cc3)c(N)nc2=O)C[C@H]1O.CC[C@H]1O[C@@H](n2cc(/C=C/c3ccc(F)cc3)c(NC(=O)c3ccccc3)nc2=O)C[C@H]1O.O=C(OC(=O)c1ccccc1)c1ccccc1. The summed E-state index contributed by atoms with van der Waals surface area (Å²) in [7, 11) is 0. The van der Waals surface area contributed by atoms with Crippen molar-refractivity contribution < 1.29 is 47.6 Å². The molecule has 0 spiro atoms. The number of halogens is 2. The topological polar surface area (TPSA) is 227 Å². The Bertz CT molecular complexity index is 3180. The second kappa shape index (κ2) is 25.9. The van der Waals surface area contributed by atoms with Gasteiger partial charge >= 0.3 is 23.3 Å². The number of aliphatic hydroxyl groups excluding tert-OH is 2. The van der Waals surface area contributed by atoms with Gasteiger partial charge in [-0.1, -0.05) is 105 Å². The predicted molar refractivity (Wildman–Crippen MR) is 279 cm³/mol. The predicted octanol–water partition coefficient (Wildman–Crippen LogP) is 8.74. The van der Waals surface area contributed by atoms with E-state index in [9.17, 15) is 43.0 Å². The Morgan fingerprint density at radius 2 is 1.01 bits per heavy atom. The summed E-state index contributed by atoms with van der Waals surface area (Å²) in [6.07, 6.45) is 8.64. The van der Waals surface area contributed by atoms with E-state index in [-0.39, 0.29) is 41.9 Å². The summed E-state index contributed by atoms with van der Waals surface area (Å²) in [5.41, 5.74) is 8.36. The zero-order valence-electron chi connectivity index (χ0n) is 40.8. The van der Waals surface area contributed by atoms with Gasteiger partial charge in [0.2, 0.25) is 0 Å². The Labute approximate surface area is 430 Å². The number of hydrogen-bond donors (Lipinski definition) is 4. The van der Waals surface area contributed by atoms with Crippen LogP contribution in [0.5, 0.6) is 0 Å². The molecule has 18 heteroatoms. The molecule has 2 aliphatic heterocycles. The minimum Gasteiger partial charge on any atom is -0.390 e. The number of nitrogens with zero attached hydrogens (tertiary/aromatic N) is 4. The highest BCUT2D eigenvalue weighted by Crippen LogP contribution is 2.31. The molecule has 0 aliphatic carbocycles. The Hall–Kier alpha value is -8.55. The van der Waals surface area contributed by atoms with Gasteiger partial charge in [0.05, 0.1) is 35.5 Å². The maximum atomic E-state index is 13.2. The number of benzene rings is 5. The third-order valence-corrected chi connectivity index (χ3v) is 11.9. The van der Waals surface area contributed by atoms with Crippen molar-refractivity contribution in [3.8, 4) is 0 Å². The molecule has 2 fully saturated rings. The summed E-state index contributed by atoms with van der Waals surface area (Å²) in [4.78, 5) is 68.7. The molecule has 2 saturated heterocycles. The highest BCUT2D eigenvalue weighted by atomic mass is 19.1. The van der Waals surface area contributed by atoms with Crippen LogP contribution >= 0.6 is 0 Å². The first kappa shape index (κ1) is 54.2. The van der Waals surface area contributed by atoms with E-state index >= 15 is 0 Å². The van der Waals surface area contributed by atoms with Crippen molar-refractivity contribution in [1.82, 2.24) is 19.1 Å². The molecule has 9 rings (SSSR count). The fraction of sp³-hybridized carbons (Fsp3) is 0.211. The molecule has 2 aromatic heterocycles. The number of carbonyl (C=O) groups excluding carboxylic acids is 3. The number of nitrogens with one attached hydrogen (secondary N) is 1. The number of anilines is 2. The van der Waals surface area contributed by atoms with Crippen LogP contribution in [0, 0.1) is 11.6 Å². The highest BCUT2D eigenvalue weighted by molar-refractivity contribution is 6.05. The largest absolute Gasteiger partial charge is 0.390 e. The van der Waals surface area contributed by atoms with E-state index in [1.54, 1.807) is 152 Å². The van der Waals surface area contributed by atoms with Gasteiger partial charge in [0.25, 0.3) is 5.91 Å². The molecular formula is C57H54F2N6O10. The fourth-order valence-corrected chi connectivity index (χ4v) is 7.89. The molecule has 5 N–H and O–H groups in total. The van der Waals surface area contributed by atoms with Gasteiger partial charge in [-0.2, -0.15) is 9.97 Å². The van der Waals surface area contributed by atoms with Gasteiger partial charge in [0.1, 0.15) is 35.7 Å². The van der Waals surface area contributed by atoms with Gasteiger partial charge in [0, 0.05) is 41.9 Å². The maximum absolute atomic E-state index is 13.2. The molecule has 0 radical (unpaired) electrons. The summed E-state index contributed by atoms with van der Waals surface area (Å²) in [6, 6.07) is 37.3. The quantitative estimate of drug-likeness (QED) is 0.0664. The molecule has 4 heterocycles. The summed E-state index contributed by atoms with van der Waals surface area (Å²) >= 11 is 0. The number of carbonyl (C=O) groups is 3. The average Bonchev–Trinajstić information content (AvgIpc) is 4.00. The van der Waals surface area contributed by atoms with Crippen LogP contribution in [0.3, 0.4) is 0 Å². The molecule has 2 aliphatic rings. The van der Waals surface area contributed by atoms with Crippen molar-refractivity contribution in [2.45, 2.75) is 76.4 Å². The van der Waals surface area contributed by atoms with Crippen molar-refractivity contribution >= 4 is 53.8 Å². The van der Waals surface area contributed by atoms with Crippen molar-refractivity contribution in [3.63, 3.8) is 0 Å². The Balaban J connectivity index is 0.000000173. The number of esters is 2. The molecule has 0 unspecified atom stereocenters. The third kappa shape index (κ3) is 14.8. The zero-order valence-corrected chi connectivity index (χ0v) is 40.8. The number of ether oxygens (including phenoxy) is 3. The van der Waals surface area contributed by atoms with E-state index in [0.717, 1.165) is 11.1 Å². The fourth-order valence-electron chi connectivity index (χ4n) is 7.89. The van der Waals surface area contributed by atoms with Crippen LogP contribution in [0.25, 0.3) is 24.3 Å². The molecule has 386 valence electrons. The summed E-state index contributed by atoms with van der Waals surface area (Å²) in [5, 5.41) is 22.9. The molecule has 75 heavy (non-hydrogen) atoms. The second-order valence-corrected chi connectivity index (χ2v) is 17.2. The minimum atomic E-state index is -0.678. The first-order valence-electron chi connectivity index (χ1n) is 24.0. The number of nitrogen functional groups attached to an aromatic ring is 1. The van der Waals surface area contributed by atoms with E-state index in [1.165, 1.54) is 33.4 Å². The lowest BCUT2D eigenvalue weighted by atomic mass is 10.1. The zero-order chi connectivity index (χ0) is 53.4. The monoisotopic (exact) mass is 1020 g/mol. The maximum Gasteiger partial charge on any atom is 0.351 e. The number of rotatable bonds is 12. The lowest BCUT2D eigenvalue weighted by molar-refractivity contribution is -0.0217. The normalized spacial score (nSPS) is 18.9. The van der Waals surface area contributed by atoms with Crippen LogP contribution in [0.15, 0.2) is 162 Å². The van der Waals surface area contributed by atoms with E-state index < -0.39 is 53.9 Å². The number of hydrogen-bond acceptors (Lipinski definition) is 13. The summed E-state index contributed by atoms with van der Waals surface area (Å²) < 4.78 is 45.1. The van der Waals surface area contributed by atoms with Gasteiger partial charge in [-0.15, -0.1) is 0 Å². The van der Waals surface area contributed by atoms with Gasteiger partial charge in [-0.25, -0.2) is 28.0 Å². The van der Waals surface area contributed by atoms with Gasteiger partial charge < -0.3 is 35.5 Å². The van der Waals surface area contributed by atoms with E-state index in [2.05, 4.69) is 15.3 Å². The van der Waals surface area contributed by atoms with E-state index in [4.69, 9.17) is 19.9 Å². The Kier molecular flexibility index (Phi) is 18.7. The molecule has 0 saturated carbocycles. The number of amides is 1. The number of nitrogens with two attached hydrogens (primary N) is 1. The van der Waals surface area contributed by atoms with Gasteiger partial charge in [-0.3, -0.25) is 13.9 Å². The molecule has 6 atom stereocenters. The third-order valence-electron chi connectivity index (χ3n) is 11.9. The van der Waals surface area contributed by atoms with Crippen LogP contribution in [0.4, 0.5) is 20.4 Å². The van der Waals surface area contributed by atoms with Crippen LogP contribution in [-0.4, -0.2) is 71.6 Å². The van der Waals surface area contributed by atoms with Crippen LogP contribution in [0.1, 0.15) is 105 Å². The Morgan fingerprint density at radius 1 is 0.613 bits per heavy atom. The van der Waals surface area contributed by atoms with E-state index in [0.29, 0.717) is 47.1 Å². The van der Waals surface area contributed by atoms with Crippen molar-refractivity contribution in [3.05, 3.63) is 223 Å². The molecule has 5 aromatic carbocycles. The number of aromatic nitrogens is 4. The lowest BCUT2D eigenvalue weighted by Crippen LogP contribution is -2.29. The first-order valence-corrected chi connectivity index (χ1v) is 24.0. The van der Waals surface area contributed by atoms with Crippen molar-refractivity contribution in [2.24, 2.45) is 0 Å². The average molecular weight is 1020 g/mol. The van der Waals surface area contributed by atoms with Crippen LogP contribution in [-0.2, 0) is 14.2 Å². The smallest absolute Gasteiger partial charge is 0.351 e. The van der Waals surface area contributed by atoms with Gasteiger partial charge in [0.15, 0.2) is 0 Å². The van der Waals surface area contributed by atoms with Crippen molar-refractivity contribution in [2.75, 3.05) is 11.1 Å². The summed E-state index contributed by atoms with van der Waals surface area (Å²) in [6.45, 7) is 3.81. The Morgan fingerprint density at radius 3 is 1.44 bits per heavy atom. The molecule has 1 amide bonds. The molecular weight excluding hydrogens is 967 g/mol. The molecule has 0 bridgehead atoms. The molecule has 7 aromatic rings. The summed E-state index contributed by atoms with van der Waals surface area (Å²) in [5.74, 6) is -2.15. The molecule has 16 nitrogen and oxygen atoms in total. The van der Waals surface area contributed by atoms with E-state index in [1.807, 2.05) is 13.8 Å². The first-order chi connectivity index (χ1) is 36.2. The van der Waals surface area contributed by atoms with Crippen LogP contribution < -0.4 is 22.4 Å².